The number of pyridine rings is 1. The van der Waals surface area contributed by atoms with Crippen LogP contribution in [0.2, 0.25) is 0 Å². The van der Waals surface area contributed by atoms with Gasteiger partial charge in [0.1, 0.15) is 12.4 Å². The Hall–Kier alpha value is -3.36. The van der Waals surface area contributed by atoms with Crippen molar-refractivity contribution >= 4 is 17.4 Å². The molecule has 0 N–H and O–H groups in total. The number of rotatable bonds is 6. The molecule has 186 valence electrons. The van der Waals surface area contributed by atoms with Crippen LogP contribution in [0, 0.1) is 6.92 Å². The van der Waals surface area contributed by atoms with Crippen LogP contribution in [0.3, 0.4) is 0 Å². The number of nitrogens with zero attached hydrogens (tertiary/aromatic N) is 3. The van der Waals surface area contributed by atoms with Crippen LogP contribution in [0.5, 0.6) is 23.1 Å². The molecule has 0 bridgehead atoms. The maximum Gasteiger partial charge on any atom is 0.260 e. The SMILES string of the molecule is Cc1nc(Oc2ccc3c(c2)OCO3)ccc1CN1CCC(N2C(=S)OCC2c2ccccc2)CC1. The van der Waals surface area contributed by atoms with Crippen molar-refractivity contribution in [3.8, 4) is 23.1 Å². The first-order valence-electron chi connectivity index (χ1n) is 12.4. The Bertz CT molecular complexity index is 1250. The third kappa shape index (κ3) is 4.70. The van der Waals surface area contributed by atoms with E-state index in [9.17, 15) is 0 Å². The molecule has 0 amide bonds. The lowest BCUT2D eigenvalue weighted by Gasteiger charge is -2.39. The molecule has 4 heterocycles. The molecule has 8 heteroatoms. The van der Waals surface area contributed by atoms with Crippen LogP contribution in [-0.2, 0) is 11.3 Å². The smallest absolute Gasteiger partial charge is 0.260 e. The number of hydrogen-bond acceptors (Lipinski definition) is 7. The predicted molar refractivity (Wildman–Crippen MR) is 139 cm³/mol. The number of aromatic nitrogens is 1. The van der Waals surface area contributed by atoms with Crippen molar-refractivity contribution in [3.05, 3.63) is 77.5 Å². The summed E-state index contributed by atoms with van der Waals surface area (Å²) in [7, 11) is 0. The average molecular weight is 504 g/mol. The predicted octanol–water partition coefficient (Wildman–Crippen LogP) is 5.23. The summed E-state index contributed by atoms with van der Waals surface area (Å²) in [6.07, 6.45) is 2.12. The first kappa shape index (κ1) is 23.1. The van der Waals surface area contributed by atoms with Gasteiger partial charge in [-0.1, -0.05) is 36.4 Å². The molecule has 0 radical (unpaired) electrons. The van der Waals surface area contributed by atoms with Gasteiger partial charge in [0.05, 0.1) is 6.04 Å². The van der Waals surface area contributed by atoms with Crippen LogP contribution < -0.4 is 14.2 Å². The van der Waals surface area contributed by atoms with Gasteiger partial charge in [-0.05, 0) is 55.2 Å². The van der Waals surface area contributed by atoms with Gasteiger partial charge in [-0.25, -0.2) is 4.98 Å². The van der Waals surface area contributed by atoms with Crippen molar-refractivity contribution in [1.29, 1.82) is 0 Å². The van der Waals surface area contributed by atoms with E-state index in [-0.39, 0.29) is 12.8 Å². The monoisotopic (exact) mass is 503 g/mol. The van der Waals surface area contributed by atoms with Crippen LogP contribution in [0.1, 0.15) is 35.7 Å². The molecule has 1 aromatic heterocycles. The molecule has 3 aliphatic rings. The minimum atomic E-state index is 0.207. The number of piperidine rings is 1. The van der Waals surface area contributed by atoms with E-state index in [1.54, 1.807) is 0 Å². The van der Waals surface area contributed by atoms with Crippen LogP contribution in [0.25, 0.3) is 0 Å². The zero-order valence-corrected chi connectivity index (χ0v) is 21.1. The van der Waals surface area contributed by atoms with Gasteiger partial charge in [0.25, 0.3) is 5.17 Å². The standard InChI is InChI=1S/C28H29N3O4S/c1-19-21(7-10-27(29-19)35-23-8-9-25-26(15-23)34-18-33-25)16-30-13-11-22(12-14-30)31-24(17-32-28(31)36)20-5-3-2-4-6-20/h2-10,15,22,24H,11-14,16-18H2,1H3. The normalized spacial score (nSPS) is 20.0. The van der Waals surface area contributed by atoms with Crippen molar-refractivity contribution in [1.82, 2.24) is 14.8 Å². The molecule has 3 aliphatic heterocycles. The Morgan fingerprint density at radius 3 is 2.58 bits per heavy atom. The number of benzene rings is 2. The molecule has 2 fully saturated rings. The molecule has 6 rings (SSSR count). The Balaban J connectivity index is 1.06. The van der Waals surface area contributed by atoms with E-state index in [4.69, 9.17) is 36.1 Å². The number of ether oxygens (including phenoxy) is 4. The van der Waals surface area contributed by atoms with E-state index < -0.39 is 0 Å². The van der Waals surface area contributed by atoms with Gasteiger partial charge in [0, 0.05) is 43.5 Å². The molecule has 0 saturated carbocycles. The van der Waals surface area contributed by atoms with Crippen LogP contribution in [0.4, 0.5) is 0 Å². The number of thiocarbonyl (C=S) groups is 1. The maximum atomic E-state index is 5.97. The van der Waals surface area contributed by atoms with Crippen LogP contribution in [-0.4, -0.2) is 52.5 Å². The second-order valence-electron chi connectivity index (χ2n) is 9.43. The highest BCUT2D eigenvalue weighted by Gasteiger charge is 2.37. The first-order chi connectivity index (χ1) is 17.6. The fraction of sp³-hybridized carbons (Fsp3) is 0.357. The largest absolute Gasteiger partial charge is 0.468 e. The van der Waals surface area contributed by atoms with E-state index in [0.717, 1.165) is 43.9 Å². The lowest BCUT2D eigenvalue weighted by Crippen LogP contribution is -2.45. The van der Waals surface area contributed by atoms with Gasteiger partial charge in [-0.15, -0.1) is 0 Å². The zero-order chi connectivity index (χ0) is 24.5. The Morgan fingerprint density at radius 2 is 1.78 bits per heavy atom. The highest BCUT2D eigenvalue weighted by atomic mass is 32.1. The van der Waals surface area contributed by atoms with Crippen molar-refractivity contribution in [2.45, 2.75) is 38.4 Å². The number of hydrogen-bond donors (Lipinski definition) is 0. The van der Waals surface area contributed by atoms with Crippen molar-refractivity contribution in [2.24, 2.45) is 0 Å². The average Bonchev–Trinajstić information content (AvgIpc) is 3.53. The lowest BCUT2D eigenvalue weighted by molar-refractivity contribution is 0.135. The second-order valence-corrected chi connectivity index (χ2v) is 9.78. The van der Waals surface area contributed by atoms with Crippen molar-refractivity contribution < 1.29 is 18.9 Å². The Labute approximate surface area is 216 Å². The summed E-state index contributed by atoms with van der Waals surface area (Å²) in [6.45, 7) is 5.82. The first-order valence-corrected chi connectivity index (χ1v) is 12.8. The molecule has 1 atom stereocenters. The van der Waals surface area contributed by atoms with E-state index in [1.165, 1.54) is 11.1 Å². The molecule has 3 aromatic rings. The number of aryl methyl sites for hydroxylation is 1. The molecule has 36 heavy (non-hydrogen) atoms. The summed E-state index contributed by atoms with van der Waals surface area (Å²) < 4.78 is 22.6. The van der Waals surface area contributed by atoms with Gasteiger partial charge < -0.3 is 23.8 Å². The number of likely N-dealkylation sites (tertiary alicyclic amines) is 1. The minimum absolute atomic E-state index is 0.207. The fourth-order valence-electron chi connectivity index (χ4n) is 5.22. The summed E-state index contributed by atoms with van der Waals surface area (Å²) >= 11 is 5.59. The van der Waals surface area contributed by atoms with E-state index in [2.05, 4.69) is 40.1 Å². The molecule has 0 spiro atoms. The van der Waals surface area contributed by atoms with E-state index >= 15 is 0 Å². The summed E-state index contributed by atoms with van der Waals surface area (Å²) in [6, 6.07) is 20.8. The molecule has 0 aliphatic carbocycles. The van der Waals surface area contributed by atoms with Crippen LogP contribution in [0.15, 0.2) is 60.7 Å². The van der Waals surface area contributed by atoms with Gasteiger partial charge in [-0.2, -0.15) is 0 Å². The molecular formula is C28H29N3O4S. The highest BCUT2D eigenvalue weighted by molar-refractivity contribution is 7.80. The molecule has 1 unspecified atom stereocenters. The summed E-state index contributed by atoms with van der Waals surface area (Å²) in [5.74, 6) is 2.68. The van der Waals surface area contributed by atoms with Gasteiger partial charge in [-0.3, -0.25) is 4.90 Å². The third-order valence-electron chi connectivity index (χ3n) is 7.18. The quantitative estimate of drug-likeness (QED) is 0.424. The van der Waals surface area contributed by atoms with Gasteiger partial charge >= 0.3 is 0 Å². The topological polar surface area (TPSA) is 56.3 Å². The third-order valence-corrected chi connectivity index (χ3v) is 7.50. The molecule has 2 saturated heterocycles. The number of fused-ring (bicyclic) bond motifs is 1. The van der Waals surface area contributed by atoms with Gasteiger partial charge in [0.2, 0.25) is 12.7 Å². The lowest BCUT2D eigenvalue weighted by atomic mass is 9.99. The highest BCUT2D eigenvalue weighted by Crippen LogP contribution is 2.37. The minimum Gasteiger partial charge on any atom is -0.468 e. The van der Waals surface area contributed by atoms with Crippen LogP contribution >= 0.6 is 12.2 Å². The zero-order valence-electron chi connectivity index (χ0n) is 20.3. The molecular weight excluding hydrogens is 474 g/mol. The molecule has 2 aromatic carbocycles. The summed E-state index contributed by atoms with van der Waals surface area (Å²) in [4.78, 5) is 9.52. The maximum absolute atomic E-state index is 5.97. The Kier molecular flexibility index (Phi) is 6.37. The fourth-order valence-corrected chi connectivity index (χ4v) is 5.56. The van der Waals surface area contributed by atoms with E-state index in [0.29, 0.717) is 35.2 Å². The molecule has 7 nitrogen and oxygen atoms in total. The second kappa shape index (κ2) is 9.95. The van der Waals surface area contributed by atoms with E-state index in [1.807, 2.05) is 37.3 Å². The Morgan fingerprint density at radius 1 is 0.972 bits per heavy atom. The van der Waals surface area contributed by atoms with Crippen molar-refractivity contribution in [2.75, 3.05) is 26.5 Å². The van der Waals surface area contributed by atoms with Crippen molar-refractivity contribution in [3.63, 3.8) is 0 Å². The summed E-state index contributed by atoms with van der Waals surface area (Å²) in [5.41, 5.74) is 3.46. The van der Waals surface area contributed by atoms with Gasteiger partial charge in [0.15, 0.2) is 11.5 Å². The summed E-state index contributed by atoms with van der Waals surface area (Å²) in [5, 5.41) is 0.639.